The van der Waals surface area contributed by atoms with Crippen LogP contribution in [-0.4, -0.2) is 46.8 Å². The third-order valence-electron chi connectivity index (χ3n) is 2.45. The second-order valence-electron chi connectivity index (χ2n) is 4.85. The van der Waals surface area contributed by atoms with Crippen LogP contribution in [0, 0.1) is 5.92 Å². The van der Waals surface area contributed by atoms with Crippen LogP contribution in [0.3, 0.4) is 0 Å². The lowest BCUT2D eigenvalue weighted by molar-refractivity contribution is -0.143. The van der Waals surface area contributed by atoms with Crippen LogP contribution in [0.15, 0.2) is 0 Å². The molecule has 8 heteroatoms. The average molecular weight is 284 g/mol. The van der Waals surface area contributed by atoms with Gasteiger partial charge in [-0.15, -0.1) is 0 Å². The van der Waals surface area contributed by atoms with Crippen LogP contribution < -0.4 is 5.32 Å². The number of urea groups is 1. The van der Waals surface area contributed by atoms with E-state index in [9.17, 15) is 22.8 Å². The van der Waals surface area contributed by atoms with Crippen molar-refractivity contribution in [1.29, 1.82) is 0 Å². The zero-order chi connectivity index (χ0) is 15.4. The maximum Gasteiger partial charge on any atom is 0.406 e. The van der Waals surface area contributed by atoms with Crippen molar-refractivity contribution in [2.75, 3.05) is 6.54 Å². The van der Waals surface area contributed by atoms with E-state index in [-0.39, 0.29) is 0 Å². The number of rotatable bonds is 5. The van der Waals surface area contributed by atoms with Crippen molar-refractivity contribution in [2.24, 2.45) is 5.92 Å². The molecule has 0 aliphatic heterocycles. The number of hydrogen-bond acceptors (Lipinski definition) is 2. The molecule has 0 heterocycles. The van der Waals surface area contributed by atoms with Gasteiger partial charge in [0.15, 0.2) is 0 Å². The van der Waals surface area contributed by atoms with Crippen molar-refractivity contribution in [1.82, 2.24) is 10.2 Å². The Morgan fingerprint density at radius 3 is 1.95 bits per heavy atom. The summed E-state index contributed by atoms with van der Waals surface area (Å²) in [6.45, 7) is 4.55. The molecule has 1 atom stereocenters. The molecule has 0 aromatic rings. The minimum atomic E-state index is -4.53. The molecule has 0 bridgehead atoms. The molecule has 5 nitrogen and oxygen atoms in total. The van der Waals surface area contributed by atoms with Crippen molar-refractivity contribution < 1.29 is 27.9 Å². The zero-order valence-electron chi connectivity index (χ0n) is 11.3. The van der Waals surface area contributed by atoms with Crippen LogP contribution in [0.2, 0.25) is 0 Å². The number of carboxylic acid groups (broad SMARTS) is 1. The van der Waals surface area contributed by atoms with Gasteiger partial charge in [-0.25, -0.2) is 9.59 Å². The van der Waals surface area contributed by atoms with Gasteiger partial charge in [-0.05, 0) is 19.8 Å². The first-order valence-electron chi connectivity index (χ1n) is 5.82. The van der Waals surface area contributed by atoms with Gasteiger partial charge in [0, 0.05) is 6.04 Å². The van der Waals surface area contributed by atoms with Gasteiger partial charge in [0.25, 0.3) is 0 Å². The first-order valence-corrected chi connectivity index (χ1v) is 5.82. The number of amides is 2. The Balaban J connectivity index is 4.87. The Kier molecular flexibility index (Phi) is 6.11. The predicted molar refractivity (Wildman–Crippen MR) is 62.7 cm³/mol. The van der Waals surface area contributed by atoms with Gasteiger partial charge in [-0.3, -0.25) is 0 Å². The molecule has 0 aliphatic rings. The summed E-state index contributed by atoms with van der Waals surface area (Å²) in [5.41, 5.74) is 0. The van der Waals surface area contributed by atoms with Crippen molar-refractivity contribution in [3.05, 3.63) is 0 Å². The van der Waals surface area contributed by atoms with E-state index in [1.807, 2.05) is 0 Å². The lowest BCUT2D eigenvalue weighted by Crippen LogP contribution is -2.54. The van der Waals surface area contributed by atoms with Crippen LogP contribution in [0.1, 0.15) is 27.7 Å². The van der Waals surface area contributed by atoms with Crippen LogP contribution in [0.4, 0.5) is 18.0 Å². The van der Waals surface area contributed by atoms with Crippen LogP contribution in [-0.2, 0) is 4.79 Å². The number of carbonyl (C=O) groups is 2. The third-order valence-corrected chi connectivity index (χ3v) is 2.45. The van der Waals surface area contributed by atoms with Crippen LogP contribution >= 0.6 is 0 Å². The maximum absolute atomic E-state index is 12.3. The number of hydrogen-bond donors (Lipinski definition) is 2. The van der Waals surface area contributed by atoms with Crippen molar-refractivity contribution >= 4 is 12.0 Å². The molecule has 0 unspecified atom stereocenters. The van der Waals surface area contributed by atoms with Gasteiger partial charge in [-0.1, -0.05) is 13.8 Å². The molecule has 0 rings (SSSR count). The number of alkyl halides is 3. The molecular weight excluding hydrogens is 265 g/mol. The molecule has 2 N–H and O–H groups in total. The summed E-state index contributed by atoms with van der Waals surface area (Å²) in [6, 6.07) is -2.95. The SMILES string of the molecule is CC(C)[C@H](NC(=O)N(CC(F)(F)F)C(C)C)C(=O)O. The smallest absolute Gasteiger partial charge is 0.406 e. The number of aliphatic carboxylic acids is 1. The third kappa shape index (κ3) is 6.30. The summed E-state index contributed by atoms with van der Waals surface area (Å²) >= 11 is 0. The molecule has 0 saturated heterocycles. The van der Waals surface area contributed by atoms with Gasteiger partial charge < -0.3 is 15.3 Å². The maximum atomic E-state index is 12.3. The molecule has 19 heavy (non-hydrogen) atoms. The molecule has 0 aromatic carbocycles. The molecule has 2 amide bonds. The fraction of sp³-hybridized carbons (Fsp3) is 0.818. The number of nitrogens with one attached hydrogen (secondary N) is 1. The fourth-order valence-electron chi connectivity index (χ4n) is 1.41. The zero-order valence-corrected chi connectivity index (χ0v) is 11.3. The normalized spacial score (nSPS) is 13.5. The predicted octanol–water partition coefficient (Wildman–Crippen LogP) is 2.08. The Bertz CT molecular complexity index is 330. The molecule has 0 saturated carbocycles. The highest BCUT2D eigenvalue weighted by Gasteiger charge is 2.35. The molecule has 0 spiro atoms. The van der Waals surface area contributed by atoms with E-state index in [1.54, 1.807) is 13.8 Å². The first kappa shape index (κ1) is 17.5. The highest BCUT2D eigenvalue weighted by atomic mass is 19.4. The molecule has 0 fully saturated rings. The quantitative estimate of drug-likeness (QED) is 0.812. The Hall–Kier alpha value is -1.47. The van der Waals surface area contributed by atoms with E-state index in [4.69, 9.17) is 5.11 Å². The molecule has 0 radical (unpaired) electrons. The van der Waals surface area contributed by atoms with Crippen LogP contribution in [0.5, 0.6) is 0 Å². The summed E-state index contributed by atoms with van der Waals surface area (Å²) in [4.78, 5) is 23.2. The lowest BCUT2D eigenvalue weighted by Gasteiger charge is -2.30. The Morgan fingerprint density at radius 1 is 1.21 bits per heavy atom. The van der Waals surface area contributed by atoms with Gasteiger partial charge in [-0.2, -0.15) is 13.2 Å². The Labute approximate surface area is 109 Å². The average Bonchev–Trinajstić information content (AvgIpc) is 2.19. The lowest BCUT2D eigenvalue weighted by atomic mass is 10.1. The van der Waals surface area contributed by atoms with E-state index < -0.39 is 42.7 Å². The van der Waals surface area contributed by atoms with E-state index >= 15 is 0 Å². The first-order chi connectivity index (χ1) is 8.45. The van der Waals surface area contributed by atoms with Gasteiger partial charge in [0.2, 0.25) is 0 Å². The topological polar surface area (TPSA) is 69.6 Å². The molecule has 112 valence electrons. The second-order valence-corrected chi connectivity index (χ2v) is 4.85. The van der Waals surface area contributed by atoms with E-state index in [0.717, 1.165) is 0 Å². The highest BCUT2D eigenvalue weighted by Crippen LogP contribution is 2.18. The van der Waals surface area contributed by atoms with Gasteiger partial charge in [0.05, 0.1) is 0 Å². The van der Waals surface area contributed by atoms with Crippen molar-refractivity contribution in [3.63, 3.8) is 0 Å². The van der Waals surface area contributed by atoms with E-state index in [2.05, 4.69) is 5.32 Å². The number of halogens is 3. The van der Waals surface area contributed by atoms with Gasteiger partial charge in [0.1, 0.15) is 12.6 Å². The van der Waals surface area contributed by atoms with Gasteiger partial charge >= 0.3 is 18.2 Å². The summed E-state index contributed by atoms with van der Waals surface area (Å²) in [5.74, 6) is -1.71. The summed E-state index contributed by atoms with van der Waals surface area (Å²) in [7, 11) is 0. The minimum Gasteiger partial charge on any atom is -0.480 e. The second kappa shape index (κ2) is 6.63. The summed E-state index contributed by atoms with van der Waals surface area (Å²) in [6.07, 6.45) is -4.53. The Morgan fingerprint density at radius 2 is 1.68 bits per heavy atom. The van der Waals surface area contributed by atoms with Crippen molar-refractivity contribution in [3.8, 4) is 0 Å². The number of carbonyl (C=O) groups excluding carboxylic acids is 1. The molecular formula is C11H19F3N2O3. The monoisotopic (exact) mass is 284 g/mol. The summed E-state index contributed by atoms with van der Waals surface area (Å²) < 4.78 is 37.0. The molecule has 0 aromatic heterocycles. The standard InChI is InChI=1S/C11H19F3N2O3/c1-6(2)8(9(17)18)15-10(19)16(7(3)4)5-11(12,13)14/h6-8H,5H2,1-4H3,(H,15,19)(H,17,18)/t8-/m0/s1. The van der Waals surface area contributed by atoms with Crippen LogP contribution in [0.25, 0.3) is 0 Å². The van der Waals surface area contributed by atoms with Crippen molar-refractivity contribution in [2.45, 2.75) is 46.0 Å². The number of nitrogens with zero attached hydrogens (tertiary/aromatic N) is 1. The largest absolute Gasteiger partial charge is 0.480 e. The highest BCUT2D eigenvalue weighted by molar-refractivity contribution is 5.82. The number of carboxylic acids is 1. The van der Waals surface area contributed by atoms with E-state index in [0.29, 0.717) is 4.90 Å². The summed E-state index contributed by atoms with van der Waals surface area (Å²) in [5, 5.41) is 11.0. The van der Waals surface area contributed by atoms with E-state index in [1.165, 1.54) is 13.8 Å². The minimum absolute atomic E-state index is 0.429. The molecule has 0 aliphatic carbocycles. The fourth-order valence-corrected chi connectivity index (χ4v) is 1.41.